The fourth-order valence-corrected chi connectivity index (χ4v) is 1.54. The van der Waals surface area contributed by atoms with Gasteiger partial charge in [-0.15, -0.1) is 0 Å². The zero-order chi connectivity index (χ0) is 11.7. The number of hydrogen-bond acceptors (Lipinski definition) is 3. The number of nitrogens with one attached hydrogen (secondary N) is 1. The van der Waals surface area contributed by atoms with E-state index < -0.39 is 6.10 Å². The molecule has 4 N–H and O–H groups in total. The summed E-state index contributed by atoms with van der Waals surface area (Å²) in [6, 6.07) is 4.44. The third-order valence-corrected chi connectivity index (χ3v) is 2.49. The highest BCUT2D eigenvalue weighted by Crippen LogP contribution is 2.26. The number of nitrogens with two attached hydrogens (primary N) is 1. The average Bonchev–Trinajstić information content (AvgIpc) is 2.67. The van der Waals surface area contributed by atoms with E-state index in [0.29, 0.717) is 22.5 Å². The molecule has 0 bridgehead atoms. The highest BCUT2D eigenvalue weighted by molar-refractivity contribution is 5.43. The number of anilines is 1. The van der Waals surface area contributed by atoms with E-state index in [1.54, 1.807) is 13.0 Å². The quantitative estimate of drug-likeness (QED) is 0.719. The summed E-state index contributed by atoms with van der Waals surface area (Å²) in [5, 5.41) is 16.3. The Labute approximate surface area is 91.9 Å². The number of aromatic nitrogens is 2. The van der Waals surface area contributed by atoms with Gasteiger partial charge in [-0.25, -0.2) is 4.39 Å². The van der Waals surface area contributed by atoms with Gasteiger partial charge in [0.05, 0.1) is 6.20 Å². The van der Waals surface area contributed by atoms with Crippen molar-refractivity contribution in [3.05, 3.63) is 46.9 Å². The van der Waals surface area contributed by atoms with Crippen LogP contribution in [0.25, 0.3) is 0 Å². The molecule has 2 aromatic rings. The van der Waals surface area contributed by atoms with Crippen LogP contribution in [0.1, 0.15) is 22.8 Å². The monoisotopic (exact) mass is 221 g/mol. The van der Waals surface area contributed by atoms with Crippen LogP contribution in [0.2, 0.25) is 0 Å². The first-order valence-electron chi connectivity index (χ1n) is 4.82. The first kappa shape index (κ1) is 10.6. The van der Waals surface area contributed by atoms with Crippen LogP contribution < -0.4 is 5.73 Å². The van der Waals surface area contributed by atoms with Crippen molar-refractivity contribution in [2.24, 2.45) is 0 Å². The Hall–Kier alpha value is -1.88. The average molecular weight is 221 g/mol. The normalized spacial score (nSPS) is 12.7. The third-order valence-electron chi connectivity index (χ3n) is 2.49. The van der Waals surface area contributed by atoms with Gasteiger partial charge in [0, 0.05) is 5.56 Å². The van der Waals surface area contributed by atoms with E-state index in [9.17, 15) is 9.50 Å². The number of aliphatic hydroxyl groups excluding tert-OH is 1. The SMILES string of the molecule is Cc1cc(C(O)c2cn[nH]c2N)ccc1F. The summed E-state index contributed by atoms with van der Waals surface area (Å²) in [6.07, 6.45) is 0.566. The van der Waals surface area contributed by atoms with E-state index in [1.807, 2.05) is 0 Å². The van der Waals surface area contributed by atoms with E-state index in [4.69, 9.17) is 5.73 Å². The number of benzene rings is 1. The van der Waals surface area contributed by atoms with Crippen LogP contribution >= 0.6 is 0 Å². The summed E-state index contributed by atoms with van der Waals surface area (Å²) in [5.74, 6) is 0.0191. The largest absolute Gasteiger partial charge is 0.384 e. The number of aryl methyl sites for hydroxylation is 1. The van der Waals surface area contributed by atoms with Gasteiger partial charge in [0.1, 0.15) is 17.7 Å². The smallest absolute Gasteiger partial charge is 0.126 e. The van der Waals surface area contributed by atoms with Gasteiger partial charge in [0.2, 0.25) is 0 Å². The number of rotatable bonds is 2. The molecular weight excluding hydrogens is 209 g/mol. The number of aromatic amines is 1. The topological polar surface area (TPSA) is 74.9 Å². The van der Waals surface area contributed by atoms with Crippen molar-refractivity contribution < 1.29 is 9.50 Å². The van der Waals surface area contributed by atoms with Crippen molar-refractivity contribution >= 4 is 5.82 Å². The van der Waals surface area contributed by atoms with Crippen molar-refractivity contribution in [2.45, 2.75) is 13.0 Å². The van der Waals surface area contributed by atoms with Crippen LogP contribution in [-0.4, -0.2) is 15.3 Å². The van der Waals surface area contributed by atoms with E-state index in [-0.39, 0.29) is 5.82 Å². The lowest BCUT2D eigenvalue weighted by Gasteiger charge is -2.10. The maximum Gasteiger partial charge on any atom is 0.126 e. The minimum Gasteiger partial charge on any atom is -0.384 e. The fourth-order valence-electron chi connectivity index (χ4n) is 1.54. The second-order valence-corrected chi connectivity index (χ2v) is 3.65. The van der Waals surface area contributed by atoms with Gasteiger partial charge in [-0.2, -0.15) is 5.10 Å². The molecule has 1 atom stereocenters. The Morgan fingerprint density at radius 3 is 2.81 bits per heavy atom. The van der Waals surface area contributed by atoms with Crippen LogP contribution in [0.4, 0.5) is 10.2 Å². The Morgan fingerprint density at radius 2 is 2.25 bits per heavy atom. The molecule has 2 rings (SSSR count). The lowest BCUT2D eigenvalue weighted by molar-refractivity contribution is 0.221. The second kappa shape index (κ2) is 3.94. The first-order valence-corrected chi connectivity index (χ1v) is 4.82. The third kappa shape index (κ3) is 1.77. The van der Waals surface area contributed by atoms with E-state index >= 15 is 0 Å². The molecule has 4 nitrogen and oxygen atoms in total. The summed E-state index contributed by atoms with van der Waals surface area (Å²) in [6.45, 7) is 1.64. The molecule has 0 aliphatic rings. The summed E-state index contributed by atoms with van der Waals surface area (Å²) >= 11 is 0. The Morgan fingerprint density at radius 1 is 1.50 bits per heavy atom. The molecule has 0 saturated heterocycles. The maximum atomic E-state index is 13.1. The summed E-state index contributed by atoms with van der Waals surface area (Å²) in [4.78, 5) is 0. The van der Waals surface area contributed by atoms with Crippen LogP contribution in [-0.2, 0) is 0 Å². The Balaban J connectivity index is 2.38. The molecule has 5 heteroatoms. The van der Waals surface area contributed by atoms with Crippen molar-refractivity contribution in [2.75, 3.05) is 5.73 Å². The predicted octanol–water partition coefficient (Wildman–Crippen LogP) is 1.52. The minimum absolute atomic E-state index is 0.295. The van der Waals surface area contributed by atoms with Gasteiger partial charge in [-0.05, 0) is 24.1 Å². The zero-order valence-electron chi connectivity index (χ0n) is 8.74. The van der Waals surface area contributed by atoms with Gasteiger partial charge in [0.25, 0.3) is 0 Å². The van der Waals surface area contributed by atoms with E-state index in [1.165, 1.54) is 18.3 Å². The van der Waals surface area contributed by atoms with E-state index in [0.717, 1.165) is 0 Å². The molecule has 1 aromatic carbocycles. The van der Waals surface area contributed by atoms with Gasteiger partial charge in [-0.3, -0.25) is 5.10 Å². The number of hydrogen-bond donors (Lipinski definition) is 3. The number of H-pyrrole nitrogens is 1. The zero-order valence-corrected chi connectivity index (χ0v) is 8.74. The molecule has 0 saturated carbocycles. The van der Waals surface area contributed by atoms with Crippen LogP contribution in [0.15, 0.2) is 24.4 Å². The maximum absolute atomic E-state index is 13.1. The van der Waals surface area contributed by atoms with Crippen LogP contribution in [0.3, 0.4) is 0 Å². The number of halogens is 1. The number of nitrogen functional groups attached to an aromatic ring is 1. The molecule has 84 valence electrons. The molecule has 16 heavy (non-hydrogen) atoms. The summed E-state index contributed by atoms with van der Waals surface area (Å²) in [7, 11) is 0. The highest BCUT2D eigenvalue weighted by Gasteiger charge is 2.15. The molecule has 0 spiro atoms. The van der Waals surface area contributed by atoms with Crippen LogP contribution in [0.5, 0.6) is 0 Å². The Bertz CT molecular complexity index is 510. The summed E-state index contributed by atoms with van der Waals surface area (Å²) in [5.41, 5.74) is 7.16. The minimum atomic E-state index is -0.891. The van der Waals surface area contributed by atoms with Crippen molar-refractivity contribution in [3.63, 3.8) is 0 Å². The second-order valence-electron chi connectivity index (χ2n) is 3.65. The van der Waals surface area contributed by atoms with Gasteiger partial charge in [0.15, 0.2) is 0 Å². The summed E-state index contributed by atoms with van der Waals surface area (Å²) < 4.78 is 13.1. The number of aliphatic hydroxyl groups is 1. The molecule has 0 fully saturated rings. The molecule has 1 unspecified atom stereocenters. The Kier molecular flexibility index (Phi) is 2.62. The fraction of sp³-hybridized carbons (Fsp3) is 0.182. The lowest BCUT2D eigenvalue weighted by Crippen LogP contribution is -2.02. The molecule has 0 aliphatic heterocycles. The number of nitrogens with zero attached hydrogens (tertiary/aromatic N) is 1. The van der Waals surface area contributed by atoms with Crippen LogP contribution in [0, 0.1) is 12.7 Å². The molecule has 1 aromatic heterocycles. The van der Waals surface area contributed by atoms with Gasteiger partial charge in [-0.1, -0.05) is 12.1 Å². The van der Waals surface area contributed by atoms with Gasteiger partial charge >= 0.3 is 0 Å². The predicted molar refractivity (Wildman–Crippen MR) is 58.2 cm³/mol. The molecule has 0 amide bonds. The van der Waals surface area contributed by atoms with Crippen molar-refractivity contribution in [1.82, 2.24) is 10.2 Å². The lowest BCUT2D eigenvalue weighted by atomic mass is 10.0. The van der Waals surface area contributed by atoms with Gasteiger partial charge < -0.3 is 10.8 Å². The van der Waals surface area contributed by atoms with E-state index in [2.05, 4.69) is 10.2 Å². The van der Waals surface area contributed by atoms with Crippen molar-refractivity contribution in [3.8, 4) is 0 Å². The molecule has 0 radical (unpaired) electrons. The molecule has 0 aliphatic carbocycles. The molecular formula is C11H12FN3O. The highest BCUT2D eigenvalue weighted by atomic mass is 19.1. The first-order chi connectivity index (χ1) is 7.59. The van der Waals surface area contributed by atoms with Crippen molar-refractivity contribution in [1.29, 1.82) is 0 Å². The standard InChI is InChI=1S/C11H12FN3O/c1-6-4-7(2-3-9(6)12)10(16)8-5-14-15-11(8)13/h2-5,10,16H,1H3,(H3,13,14,15). The molecule has 1 heterocycles.